The van der Waals surface area contributed by atoms with Gasteiger partial charge < -0.3 is 14.4 Å². The predicted molar refractivity (Wildman–Crippen MR) is 210 cm³/mol. The van der Waals surface area contributed by atoms with Crippen molar-refractivity contribution in [1.29, 1.82) is 0 Å². The molecule has 0 N–H and O–H groups in total. The van der Waals surface area contributed by atoms with Gasteiger partial charge in [0, 0.05) is 43.4 Å². The van der Waals surface area contributed by atoms with E-state index >= 15 is 0 Å². The normalized spacial score (nSPS) is 11.2. The van der Waals surface area contributed by atoms with Crippen LogP contribution < -0.4 is 0 Å². The van der Waals surface area contributed by atoms with Crippen molar-refractivity contribution in [3.63, 3.8) is 0 Å². The summed E-state index contributed by atoms with van der Waals surface area (Å²) in [6.07, 6.45) is 4.78. The minimum absolute atomic E-state index is 0. The Balaban J connectivity index is 0.000000302. The summed E-state index contributed by atoms with van der Waals surface area (Å²) >= 11 is 0. The van der Waals surface area contributed by atoms with E-state index in [-0.39, 0.29) is 25.5 Å². The summed E-state index contributed by atoms with van der Waals surface area (Å²) in [6.45, 7) is 13.3. The van der Waals surface area contributed by atoms with Crippen LogP contribution in [-0.2, 0) is 26.5 Å². The number of furan rings is 1. The van der Waals surface area contributed by atoms with Gasteiger partial charge in [-0.1, -0.05) is 97.9 Å². The summed E-state index contributed by atoms with van der Waals surface area (Å²) < 4.78 is 6.46. The minimum Gasteiger partial charge on any atom is -0.486 e. The summed E-state index contributed by atoms with van der Waals surface area (Å²) in [4.78, 5) is 14.1. The van der Waals surface area contributed by atoms with E-state index in [0.717, 1.165) is 56.5 Å². The average molecular weight is 856 g/mol. The quantitative estimate of drug-likeness (QED) is 0.162. The molecule has 0 aliphatic heterocycles. The Labute approximate surface area is 320 Å². The first kappa shape index (κ1) is 36.6. The molecule has 4 aromatic carbocycles. The molecule has 4 heterocycles. The fourth-order valence-corrected chi connectivity index (χ4v) is 6.68. The monoisotopic (exact) mass is 856 g/mol. The predicted octanol–water partition coefficient (Wildman–Crippen LogP) is 12.2. The maximum absolute atomic E-state index is 6.46. The molecule has 0 saturated carbocycles. The van der Waals surface area contributed by atoms with E-state index in [1.54, 1.807) is 6.20 Å². The second-order valence-corrected chi connectivity index (χ2v) is 14.3. The van der Waals surface area contributed by atoms with E-state index in [1.807, 2.05) is 60.8 Å². The largest absolute Gasteiger partial charge is 0.486 e. The molecular formula is C47H41IrN3O-2. The Kier molecular flexibility index (Phi) is 10.9. The maximum Gasteiger partial charge on any atom is 0.216 e. The first-order chi connectivity index (χ1) is 24.7. The zero-order chi connectivity index (χ0) is 35.5. The molecule has 0 aliphatic carbocycles. The van der Waals surface area contributed by atoms with Crippen LogP contribution in [0.15, 0.2) is 132 Å². The number of rotatable bonds is 5. The number of aromatic nitrogens is 3. The molecule has 0 amide bonds. The van der Waals surface area contributed by atoms with Crippen LogP contribution in [0.5, 0.6) is 0 Å². The molecule has 8 aromatic rings. The van der Waals surface area contributed by atoms with Gasteiger partial charge in [0.2, 0.25) is 5.71 Å². The summed E-state index contributed by atoms with van der Waals surface area (Å²) in [5.74, 6) is 0. The number of hydrogen-bond acceptors (Lipinski definition) is 4. The third kappa shape index (κ3) is 7.82. The minimum atomic E-state index is 0. The van der Waals surface area contributed by atoms with Crippen molar-refractivity contribution in [2.45, 2.75) is 48.0 Å². The van der Waals surface area contributed by atoms with E-state index in [9.17, 15) is 0 Å². The first-order valence-electron chi connectivity index (χ1n) is 17.4. The molecule has 0 bridgehead atoms. The van der Waals surface area contributed by atoms with E-state index < -0.39 is 0 Å². The van der Waals surface area contributed by atoms with Crippen molar-refractivity contribution in [1.82, 2.24) is 15.0 Å². The molecule has 0 saturated heterocycles. The van der Waals surface area contributed by atoms with Gasteiger partial charge in [0.05, 0.1) is 11.3 Å². The second-order valence-electron chi connectivity index (χ2n) is 14.3. The number of hydrogen-bond donors (Lipinski definition) is 0. The number of benzene rings is 4. The number of fused-ring (bicyclic) bond motifs is 3. The van der Waals surface area contributed by atoms with E-state index in [0.29, 0.717) is 5.71 Å². The summed E-state index contributed by atoms with van der Waals surface area (Å²) in [6, 6.07) is 45.5. The zero-order valence-corrected chi connectivity index (χ0v) is 32.8. The van der Waals surface area contributed by atoms with Gasteiger partial charge in [-0.25, -0.2) is 4.98 Å². The molecule has 0 aliphatic rings. The van der Waals surface area contributed by atoms with Crippen molar-refractivity contribution in [2.24, 2.45) is 5.41 Å². The molecule has 5 heteroatoms. The van der Waals surface area contributed by atoms with Crippen molar-refractivity contribution < 1.29 is 24.5 Å². The Morgan fingerprint density at radius 1 is 0.673 bits per heavy atom. The van der Waals surface area contributed by atoms with Crippen LogP contribution in [0.3, 0.4) is 0 Å². The van der Waals surface area contributed by atoms with Gasteiger partial charge >= 0.3 is 0 Å². The molecule has 0 spiro atoms. The third-order valence-corrected chi connectivity index (χ3v) is 9.16. The van der Waals surface area contributed by atoms with E-state index in [2.05, 4.69) is 119 Å². The number of nitrogens with zero attached hydrogens (tertiary/aromatic N) is 3. The second kappa shape index (κ2) is 15.6. The van der Waals surface area contributed by atoms with E-state index in [4.69, 9.17) is 14.4 Å². The van der Waals surface area contributed by atoms with Crippen molar-refractivity contribution in [3.8, 4) is 44.9 Å². The maximum atomic E-state index is 6.46. The third-order valence-electron chi connectivity index (χ3n) is 9.16. The van der Waals surface area contributed by atoms with Gasteiger partial charge in [0.1, 0.15) is 0 Å². The summed E-state index contributed by atoms with van der Waals surface area (Å²) in [7, 11) is 0. The SMILES string of the molecule is Cc1cc(-c2[c-]ccc3c2oc2nc(-c4c(C)ccc(-c5ccccc5)c4C)ccc23)ncc1CC(C)(C)C.[Ir].[c-]1ccccc1-c1ccccn1. The fourth-order valence-electron chi connectivity index (χ4n) is 6.68. The van der Waals surface area contributed by atoms with Crippen LogP contribution in [0.4, 0.5) is 0 Å². The van der Waals surface area contributed by atoms with Gasteiger partial charge in [-0.3, -0.25) is 0 Å². The van der Waals surface area contributed by atoms with Crippen LogP contribution >= 0.6 is 0 Å². The van der Waals surface area contributed by atoms with Crippen LogP contribution in [0.25, 0.3) is 67.0 Å². The van der Waals surface area contributed by atoms with Gasteiger partial charge in [-0.2, -0.15) is 0 Å². The molecule has 4 aromatic heterocycles. The van der Waals surface area contributed by atoms with Crippen molar-refractivity contribution >= 4 is 22.1 Å². The molecule has 0 atom stereocenters. The Morgan fingerprint density at radius 2 is 1.46 bits per heavy atom. The Hall–Kier alpha value is -5.22. The standard InChI is InChI=1S/C36H33N2O.C11H8N.Ir/c1-22-15-16-27(25-11-8-7-9-12-25)24(3)33(22)31-18-17-29-28-13-10-14-30(34(28)39-35(29)38-31)32-19-23(2)26(21-37-32)20-36(4,5)6;1-2-6-10(7-3-1)11-8-4-5-9-12-11;/h7-13,15-19,21H,20H2,1-6H3;1-6,8-9H;/q2*-1;. The van der Waals surface area contributed by atoms with Gasteiger partial charge in [0.25, 0.3) is 0 Å². The average Bonchev–Trinajstić information content (AvgIpc) is 3.52. The molecule has 1 radical (unpaired) electrons. The fraction of sp³-hybridized carbons (Fsp3) is 0.170. The summed E-state index contributed by atoms with van der Waals surface area (Å²) in [5.41, 5.74) is 14.8. The zero-order valence-electron chi connectivity index (χ0n) is 30.4. The Morgan fingerprint density at radius 3 is 2.17 bits per heavy atom. The number of pyridine rings is 3. The Bertz CT molecular complexity index is 2410. The van der Waals surface area contributed by atoms with Crippen molar-refractivity contribution in [2.75, 3.05) is 0 Å². The summed E-state index contributed by atoms with van der Waals surface area (Å²) in [5, 5.41) is 2.03. The van der Waals surface area contributed by atoms with Crippen LogP contribution in [0, 0.1) is 38.3 Å². The first-order valence-corrected chi connectivity index (χ1v) is 17.4. The molecule has 4 nitrogen and oxygen atoms in total. The van der Waals surface area contributed by atoms with Gasteiger partial charge in [-0.05, 0) is 90.0 Å². The molecule has 8 rings (SSSR count). The van der Waals surface area contributed by atoms with Crippen LogP contribution in [0.1, 0.15) is 43.0 Å². The van der Waals surface area contributed by atoms with Gasteiger partial charge in [-0.15, -0.1) is 54.1 Å². The molecule has 261 valence electrons. The van der Waals surface area contributed by atoms with Crippen molar-refractivity contribution in [3.05, 3.63) is 162 Å². The van der Waals surface area contributed by atoms with Gasteiger partial charge in [0.15, 0.2) is 0 Å². The number of aryl methyl sites for hydroxylation is 2. The molecule has 52 heavy (non-hydrogen) atoms. The van der Waals surface area contributed by atoms with E-state index in [1.165, 1.54) is 33.4 Å². The molecule has 0 unspecified atom stereocenters. The topological polar surface area (TPSA) is 51.8 Å². The molecular weight excluding hydrogens is 815 g/mol. The molecule has 0 fully saturated rings. The van der Waals surface area contributed by atoms with Crippen LogP contribution in [-0.4, -0.2) is 15.0 Å². The smallest absolute Gasteiger partial charge is 0.216 e. The van der Waals surface area contributed by atoms with Crippen LogP contribution in [0.2, 0.25) is 0 Å².